The van der Waals surface area contributed by atoms with Crippen LogP contribution in [0.5, 0.6) is 0 Å². The fraction of sp³-hybridized carbons (Fsp3) is 0.571. The van der Waals surface area contributed by atoms with E-state index in [1.54, 1.807) is 11.5 Å². The number of nitrogens with zero attached hydrogens (tertiary/aromatic N) is 2. The van der Waals surface area contributed by atoms with E-state index < -0.39 is 5.97 Å². The van der Waals surface area contributed by atoms with Crippen molar-refractivity contribution in [1.82, 2.24) is 9.55 Å². The molecule has 0 atom stereocenters. The zero-order valence-corrected chi connectivity index (χ0v) is 12.4. The fourth-order valence-electron chi connectivity index (χ4n) is 1.78. The molecule has 0 amide bonds. The molecule has 1 heterocycles. The van der Waals surface area contributed by atoms with Crippen LogP contribution in [-0.2, 0) is 22.4 Å². The molecular weight excluding hydrogens is 258 g/mol. The molecule has 1 aromatic rings. The van der Waals surface area contributed by atoms with Crippen molar-refractivity contribution in [2.24, 2.45) is 0 Å². The monoisotopic (exact) mass is 281 g/mol. The van der Waals surface area contributed by atoms with Crippen LogP contribution >= 0.6 is 0 Å². The van der Waals surface area contributed by atoms with Gasteiger partial charge >= 0.3 is 5.97 Å². The van der Waals surface area contributed by atoms with Gasteiger partial charge < -0.3 is 19.8 Å². The Balaban J connectivity index is 2.78. The summed E-state index contributed by atoms with van der Waals surface area (Å²) in [5.74, 6) is 0.602. The van der Waals surface area contributed by atoms with Gasteiger partial charge in [-0.15, -0.1) is 0 Å². The Kier molecular flexibility index (Phi) is 6.24. The lowest BCUT2D eigenvalue weighted by Crippen LogP contribution is -2.13. The van der Waals surface area contributed by atoms with Crippen LogP contribution in [0.4, 0.5) is 5.82 Å². The summed E-state index contributed by atoms with van der Waals surface area (Å²) < 4.78 is 12.2. The predicted molar refractivity (Wildman–Crippen MR) is 77.6 cm³/mol. The molecule has 2 N–H and O–H groups in total. The van der Waals surface area contributed by atoms with Crippen molar-refractivity contribution in [2.75, 3.05) is 25.6 Å². The summed E-state index contributed by atoms with van der Waals surface area (Å²) in [6.07, 6.45) is 0.685. The topological polar surface area (TPSA) is 79.4 Å². The molecule has 20 heavy (non-hydrogen) atoms. The Bertz CT molecular complexity index is 480. The van der Waals surface area contributed by atoms with Crippen LogP contribution in [-0.4, -0.2) is 35.3 Å². The second-order valence-corrected chi connectivity index (χ2v) is 4.50. The lowest BCUT2D eigenvalue weighted by Gasteiger charge is -2.09. The molecule has 6 nitrogen and oxygen atoms in total. The summed E-state index contributed by atoms with van der Waals surface area (Å²) in [5.41, 5.74) is 7.13. The van der Waals surface area contributed by atoms with Crippen LogP contribution in [0, 0.1) is 0 Å². The highest BCUT2D eigenvalue weighted by Gasteiger charge is 2.20. The number of hydrogen-bond donors (Lipinski definition) is 1. The zero-order valence-electron chi connectivity index (χ0n) is 12.4. The third-order valence-electron chi connectivity index (χ3n) is 2.68. The number of aryl methyl sites for hydroxylation is 1. The van der Waals surface area contributed by atoms with E-state index in [0.29, 0.717) is 38.6 Å². The van der Waals surface area contributed by atoms with E-state index in [1.165, 1.54) is 0 Å². The highest BCUT2D eigenvalue weighted by atomic mass is 16.5. The number of rotatable bonds is 8. The van der Waals surface area contributed by atoms with E-state index in [1.807, 2.05) is 13.8 Å². The third kappa shape index (κ3) is 4.09. The molecule has 0 aromatic carbocycles. The Morgan fingerprint density at radius 1 is 1.45 bits per heavy atom. The van der Waals surface area contributed by atoms with Gasteiger partial charge in [-0.1, -0.05) is 19.1 Å². The molecule has 0 unspecified atom stereocenters. The summed E-state index contributed by atoms with van der Waals surface area (Å²) in [4.78, 5) is 16.0. The fourth-order valence-corrected chi connectivity index (χ4v) is 1.78. The maximum atomic E-state index is 11.7. The Morgan fingerprint density at radius 2 is 2.15 bits per heavy atom. The first kappa shape index (κ1) is 16.2. The van der Waals surface area contributed by atoms with Gasteiger partial charge in [-0.2, -0.15) is 0 Å². The summed E-state index contributed by atoms with van der Waals surface area (Å²) >= 11 is 0. The van der Waals surface area contributed by atoms with Gasteiger partial charge in [-0.05, 0) is 13.8 Å². The van der Waals surface area contributed by atoms with E-state index in [2.05, 4.69) is 11.6 Å². The van der Waals surface area contributed by atoms with Gasteiger partial charge in [0.1, 0.15) is 11.6 Å². The predicted octanol–water partition coefficient (Wildman–Crippen LogP) is 1.80. The van der Waals surface area contributed by atoms with Gasteiger partial charge in [-0.25, -0.2) is 9.78 Å². The molecule has 0 fully saturated rings. The number of esters is 1. The summed E-state index contributed by atoms with van der Waals surface area (Å²) in [7, 11) is 0. The van der Waals surface area contributed by atoms with Gasteiger partial charge in [0.2, 0.25) is 0 Å². The second kappa shape index (κ2) is 7.69. The zero-order chi connectivity index (χ0) is 15.1. The highest BCUT2D eigenvalue weighted by molar-refractivity contribution is 5.92. The van der Waals surface area contributed by atoms with Gasteiger partial charge in [-0.3, -0.25) is 0 Å². The minimum absolute atomic E-state index is 0.184. The van der Waals surface area contributed by atoms with E-state index in [0.717, 1.165) is 11.4 Å². The third-order valence-corrected chi connectivity index (χ3v) is 2.68. The Labute approximate surface area is 119 Å². The van der Waals surface area contributed by atoms with Crippen molar-refractivity contribution in [3.63, 3.8) is 0 Å². The number of imidazole rings is 1. The number of carbonyl (C=O) groups excluding carboxylic acids is 1. The molecule has 112 valence electrons. The van der Waals surface area contributed by atoms with Crippen LogP contribution < -0.4 is 5.73 Å². The molecule has 6 heteroatoms. The number of carbonyl (C=O) groups is 1. The van der Waals surface area contributed by atoms with Crippen LogP contribution in [0.3, 0.4) is 0 Å². The minimum Gasteiger partial charge on any atom is -0.461 e. The molecule has 1 aromatic heterocycles. The molecule has 0 spiro atoms. The Morgan fingerprint density at radius 3 is 2.70 bits per heavy atom. The average molecular weight is 281 g/mol. The molecular formula is C14H23N3O3. The molecule has 0 bridgehead atoms. The second-order valence-electron chi connectivity index (χ2n) is 4.50. The number of nitrogens with two attached hydrogens (primary N) is 1. The Hall–Kier alpha value is -1.82. The average Bonchev–Trinajstić information content (AvgIpc) is 2.71. The van der Waals surface area contributed by atoms with Crippen LogP contribution in [0.15, 0.2) is 12.2 Å². The number of nitrogen functional groups attached to an aromatic ring is 1. The smallest absolute Gasteiger partial charge is 0.360 e. The van der Waals surface area contributed by atoms with Gasteiger partial charge in [0, 0.05) is 13.0 Å². The summed E-state index contributed by atoms with van der Waals surface area (Å²) in [6.45, 7) is 11.2. The van der Waals surface area contributed by atoms with Gasteiger partial charge in [0.25, 0.3) is 0 Å². The maximum Gasteiger partial charge on any atom is 0.360 e. The number of ether oxygens (including phenoxy) is 2. The van der Waals surface area contributed by atoms with Crippen molar-refractivity contribution >= 4 is 11.8 Å². The van der Waals surface area contributed by atoms with Crippen molar-refractivity contribution in [1.29, 1.82) is 0 Å². The number of anilines is 1. The largest absolute Gasteiger partial charge is 0.461 e. The molecule has 0 saturated carbocycles. The molecule has 0 saturated heterocycles. The van der Waals surface area contributed by atoms with E-state index in [4.69, 9.17) is 15.2 Å². The molecule has 1 rings (SSSR count). The van der Waals surface area contributed by atoms with Gasteiger partial charge in [0.05, 0.1) is 19.8 Å². The molecule has 0 aliphatic rings. The van der Waals surface area contributed by atoms with Crippen LogP contribution in [0.1, 0.15) is 37.1 Å². The van der Waals surface area contributed by atoms with Crippen molar-refractivity contribution in [2.45, 2.75) is 33.7 Å². The first-order chi connectivity index (χ1) is 9.51. The van der Waals surface area contributed by atoms with Gasteiger partial charge in [0.15, 0.2) is 5.69 Å². The van der Waals surface area contributed by atoms with E-state index in [-0.39, 0.29) is 5.69 Å². The standard InChI is InChI=1S/C14H23N3O3/c1-5-11-16-12(14(18)20-6-2)13(15)17(11)7-8-19-9-10(3)4/h3,5-9,15H2,1-2,4H3. The molecule has 0 aliphatic carbocycles. The van der Waals surface area contributed by atoms with Crippen LogP contribution in [0.25, 0.3) is 0 Å². The normalized spacial score (nSPS) is 10.6. The quantitative estimate of drug-likeness (QED) is 0.446. The number of hydrogen-bond acceptors (Lipinski definition) is 5. The highest BCUT2D eigenvalue weighted by Crippen LogP contribution is 2.16. The van der Waals surface area contributed by atoms with Crippen molar-refractivity contribution in [3.8, 4) is 0 Å². The van der Waals surface area contributed by atoms with Crippen molar-refractivity contribution in [3.05, 3.63) is 23.7 Å². The lowest BCUT2D eigenvalue weighted by atomic mass is 10.4. The van der Waals surface area contributed by atoms with E-state index >= 15 is 0 Å². The maximum absolute atomic E-state index is 11.7. The molecule has 0 aliphatic heterocycles. The number of aromatic nitrogens is 2. The minimum atomic E-state index is -0.485. The van der Waals surface area contributed by atoms with Crippen molar-refractivity contribution < 1.29 is 14.3 Å². The lowest BCUT2D eigenvalue weighted by molar-refractivity contribution is 0.0521. The molecule has 0 radical (unpaired) electrons. The summed E-state index contributed by atoms with van der Waals surface area (Å²) in [5, 5.41) is 0. The van der Waals surface area contributed by atoms with E-state index in [9.17, 15) is 4.79 Å². The first-order valence-corrected chi connectivity index (χ1v) is 6.75. The van der Waals surface area contributed by atoms with Crippen LogP contribution in [0.2, 0.25) is 0 Å². The SMILES string of the molecule is C=C(C)COCCn1c(CC)nc(C(=O)OCC)c1N. The summed E-state index contributed by atoms with van der Waals surface area (Å²) in [6, 6.07) is 0. The first-order valence-electron chi connectivity index (χ1n) is 6.75.